The lowest BCUT2D eigenvalue weighted by Crippen LogP contribution is -2.46. The summed E-state index contributed by atoms with van der Waals surface area (Å²) in [6, 6.07) is 6.85. The maximum atomic E-state index is 11.6. The predicted molar refractivity (Wildman–Crippen MR) is 103 cm³/mol. The summed E-state index contributed by atoms with van der Waals surface area (Å²) in [5.41, 5.74) is 1.51. The molecule has 0 saturated carbocycles. The number of piperidine rings is 1. The molecule has 1 aliphatic heterocycles. The molecule has 0 aliphatic carbocycles. The molecule has 1 unspecified atom stereocenters. The summed E-state index contributed by atoms with van der Waals surface area (Å²) in [6.45, 7) is 8.77. The van der Waals surface area contributed by atoms with Crippen LogP contribution in [0.25, 0.3) is 0 Å². The average molecular weight is 369 g/mol. The Labute approximate surface area is 160 Å². The highest BCUT2D eigenvalue weighted by molar-refractivity contribution is 5.89. The van der Waals surface area contributed by atoms with Crippen LogP contribution in [0.3, 0.4) is 0 Å². The first kappa shape index (κ1) is 19.3. The van der Waals surface area contributed by atoms with E-state index >= 15 is 0 Å². The molecule has 0 amide bonds. The molecule has 1 fully saturated rings. The SMILES string of the molecule is COC(=O)c1ccc(Oc2nccnc2C2CCCN(C(C)(C)C)C2)cc1. The fraction of sp³-hybridized carbons (Fsp3) is 0.476. The topological polar surface area (TPSA) is 64.5 Å². The quantitative estimate of drug-likeness (QED) is 0.758. The maximum Gasteiger partial charge on any atom is 0.337 e. The van der Waals surface area contributed by atoms with Gasteiger partial charge in [0, 0.05) is 30.4 Å². The third-order valence-corrected chi connectivity index (χ3v) is 4.94. The number of aromatic nitrogens is 2. The number of methoxy groups -OCH3 is 1. The first-order valence-electron chi connectivity index (χ1n) is 9.30. The van der Waals surface area contributed by atoms with Crippen LogP contribution in [-0.4, -0.2) is 46.6 Å². The van der Waals surface area contributed by atoms with Crippen molar-refractivity contribution in [2.24, 2.45) is 0 Å². The second-order valence-electron chi connectivity index (χ2n) is 7.82. The molecule has 1 saturated heterocycles. The van der Waals surface area contributed by atoms with E-state index in [4.69, 9.17) is 9.47 Å². The zero-order chi connectivity index (χ0) is 19.4. The number of hydrogen-bond donors (Lipinski definition) is 0. The van der Waals surface area contributed by atoms with Gasteiger partial charge in [-0.3, -0.25) is 9.88 Å². The van der Waals surface area contributed by atoms with Crippen molar-refractivity contribution in [3.05, 3.63) is 47.9 Å². The molecule has 0 spiro atoms. The molecule has 2 aromatic rings. The van der Waals surface area contributed by atoms with Gasteiger partial charge < -0.3 is 9.47 Å². The lowest BCUT2D eigenvalue weighted by molar-refractivity contribution is 0.0600. The molecule has 3 rings (SSSR count). The summed E-state index contributed by atoms with van der Waals surface area (Å²) in [7, 11) is 1.36. The van der Waals surface area contributed by atoms with E-state index in [1.54, 1.807) is 36.7 Å². The Morgan fingerprint density at radius 1 is 1.15 bits per heavy atom. The summed E-state index contributed by atoms with van der Waals surface area (Å²) in [6.07, 6.45) is 5.57. The van der Waals surface area contributed by atoms with Crippen LogP contribution in [0.5, 0.6) is 11.6 Å². The Kier molecular flexibility index (Phi) is 5.75. The molecule has 144 valence electrons. The number of benzene rings is 1. The third-order valence-electron chi connectivity index (χ3n) is 4.94. The van der Waals surface area contributed by atoms with Gasteiger partial charge in [0.15, 0.2) is 0 Å². The fourth-order valence-electron chi connectivity index (χ4n) is 3.39. The maximum absolute atomic E-state index is 11.6. The van der Waals surface area contributed by atoms with Gasteiger partial charge in [-0.15, -0.1) is 0 Å². The van der Waals surface area contributed by atoms with E-state index in [1.807, 2.05) is 0 Å². The third kappa shape index (κ3) is 4.63. The fourth-order valence-corrected chi connectivity index (χ4v) is 3.39. The number of likely N-dealkylation sites (tertiary alicyclic amines) is 1. The molecule has 27 heavy (non-hydrogen) atoms. The molecule has 6 heteroatoms. The van der Waals surface area contributed by atoms with E-state index in [0.29, 0.717) is 17.2 Å². The Morgan fingerprint density at radius 3 is 2.52 bits per heavy atom. The Balaban J connectivity index is 1.79. The lowest BCUT2D eigenvalue weighted by Gasteiger charge is -2.41. The van der Waals surface area contributed by atoms with Crippen molar-refractivity contribution in [1.29, 1.82) is 0 Å². The van der Waals surface area contributed by atoms with E-state index < -0.39 is 0 Å². The molecular formula is C21H27N3O3. The van der Waals surface area contributed by atoms with Gasteiger partial charge >= 0.3 is 5.97 Å². The highest BCUT2D eigenvalue weighted by atomic mass is 16.5. The van der Waals surface area contributed by atoms with E-state index in [1.165, 1.54) is 7.11 Å². The first-order valence-corrected chi connectivity index (χ1v) is 9.30. The molecule has 1 aromatic carbocycles. The van der Waals surface area contributed by atoms with Crippen molar-refractivity contribution in [3.8, 4) is 11.6 Å². The van der Waals surface area contributed by atoms with Crippen molar-refractivity contribution in [1.82, 2.24) is 14.9 Å². The zero-order valence-electron chi connectivity index (χ0n) is 16.4. The van der Waals surface area contributed by atoms with Crippen LogP contribution >= 0.6 is 0 Å². The standard InChI is InChI=1S/C21H27N3O3/c1-21(2,3)24-13-5-6-16(14-24)18-19(23-12-11-22-18)27-17-9-7-15(8-10-17)20(25)26-4/h7-12,16H,5-6,13-14H2,1-4H3. The largest absolute Gasteiger partial charge is 0.465 e. The molecule has 0 N–H and O–H groups in total. The summed E-state index contributed by atoms with van der Waals surface area (Å²) in [4.78, 5) is 23.1. The molecule has 6 nitrogen and oxygen atoms in total. The van der Waals surface area contributed by atoms with Crippen LogP contribution in [0, 0.1) is 0 Å². The van der Waals surface area contributed by atoms with Crippen molar-refractivity contribution in [3.63, 3.8) is 0 Å². The highest BCUT2D eigenvalue weighted by Gasteiger charge is 2.31. The van der Waals surface area contributed by atoms with E-state index in [2.05, 4.69) is 35.6 Å². The summed E-state index contributed by atoms with van der Waals surface area (Å²) < 4.78 is 10.7. The average Bonchev–Trinajstić information content (AvgIpc) is 2.68. The molecule has 2 heterocycles. The Hall–Kier alpha value is -2.47. The van der Waals surface area contributed by atoms with Gasteiger partial charge in [0.25, 0.3) is 0 Å². The van der Waals surface area contributed by atoms with Crippen LogP contribution in [-0.2, 0) is 4.74 Å². The van der Waals surface area contributed by atoms with Crippen molar-refractivity contribution in [2.45, 2.75) is 45.1 Å². The van der Waals surface area contributed by atoms with Gasteiger partial charge in [-0.1, -0.05) is 0 Å². The van der Waals surface area contributed by atoms with Gasteiger partial charge in [0.1, 0.15) is 11.4 Å². The first-order chi connectivity index (χ1) is 12.9. The van der Waals surface area contributed by atoms with E-state index in [9.17, 15) is 4.79 Å². The normalized spacial score (nSPS) is 18.1. The minimum atomic E-state index is -0.369. The van der Waals surface area contributed by atoms with Gasteiger partial charge in [-0.05, 0) is 64.4 Å². The van der Waals surface area contributed by atoms with Crippen molar-refractivity contribution >= 4 is 5.97 Å². The molecular weight excluding hydrogens is 342 g/mol. The second kappa shape index (κ2) is 8.05. The van der Waals surface area contributed by atoms with Crippen LogP contribution in [0.1, 0.15) is 55.6 Å². The molecule has 1 aromatic heterocycles. The summed E-state index contributed by atoms with van der Waals surface area (Å²) in [5, 5.41) is 0. The number of hydrogen-bond acceptors (Lipinski definition) is 6. The Bertz CT molecular complexity index is 784. The molecule has 0 radical (unpaired) electrons. The summed E-state index contributed by atoms with van der Waals surface area (Å²) >= 11 is 0. The van der Waals surface area contributed by atoms with Crippen LogP contribution in [0.4, 0.5) is 0 Å². The zero-order valence-corrected chi connectivity index (χ0v) is 16.4. The van der Waals surface area contributed by atoms with Gasteiger partial charge in [-0.2, -0.15) is 0 Å². The predicted octanol–water partition coefficient (Wildman–Crippen LogP) is 4.03. The van der Waals surface area contributed by atoms with Crippen LogP contribution in [0.15, 0.2) is 36.7 Å². The lowest BCUT2D eigenvalue weighted by atomic mass is 9.91. The van der Waals surface area contributed by atoms with Crippen molar-refractivity contribution in [2.75, 3.05) is 20.2 Å². The minimum absolute atomic E-state index is 0.131. The number of esters is 1. The van der Waals surface area contributed by atoms with E-state index in [-0.39, 0.29) is 17.4 Å². The molecule has 1 aliphatic rings. The van der Waals surface area contributed by atoms with Crippen LogP contribution in [0.2, 0.25) is 0 Å². The second-order valence-corrected chi connectivity index (χ2v) is 7.82. The number of nitrogens with zero attached hydrogens (tertiary/aromatic N) is 3. The van der Waals surface area contributed by atoms with Gasteiger partial charge in [0.2, 0.25) is 5.88 Å². The van der Waals surface area contributed by atoms with E-state index in [0.717, 1.165) is 31.6 Å². The van der Waals surface area contributed by atoms with Gasteiger partial charge in [-0.25, -0.2) is 9.78 Å². The van der Waals surface area contributed by atoms with Crippen molar-refractivity contribution < 1.29 is 14.3 Å². The smallest absolute Gasteiger partial charge is 0.337 e. The highest BCUT2D eigenvalue weighted by Crippen LogP contribution is 2.34. The minimum Gasteiger partial charge on any atom is -0.465 e. The summed E-state index contributed by atoms with van der Waals surface area (Å²) in [5.74, 6) is 1.07. The number of ether oxygens (including phenoxy) is 2. The number of carbonyl (C=O) groups is 1. The number of rotatable bonds is 4. The van der Waals surface area contributed by atoms with Gasteiger partial charge in [0.05, 0.1) is 12.7 Å². The number of carbonyl (C=O) groups excluding carboxylic acids is 1. The molecule has 0 bridgehead atoms. The Morgan fingerprint density at radius 2 is 1.85 bits per heavy atom. The van der Waals surface area contributed by atoms with Crippen LogP contribution < -0.4 is 4.74 Å². The molecule has 1 atom stereocenters. The monoisotopic (exact) mass is 369 g/mol.